The molecule has 5 nitrogen and oxygen atoms in total. The molecule has 3 aromatic rings. The molecule has 0 saturated carbocycles. The highest BCUT2D eigenvalue weighted by molar-refractivity contribution is 6.46. The number of hydrogen-bond acceptors (Lipinski definition) is 4. The average molecular weight is 412 g/mol. The smallest absolute Gasteiger partial charge is 0.282 e. The van der Waals surface area contributed by atoms with Crippen molar-refractivity contribution in [2.45, 2.75) is 20.8 Å². The minimum atomic E-state index is -0.412. The fraction of sp³-hybridized carbons (Fsp3) is 0.154. The molecule has 0 aromatic heterocycles. The molecule has 0 radical (unpaired) electrons. The lowest BCUT2D eigenvalue weighted by atomic mass is 10.0. The van der Waals surface area contributed by atoms with Crippen LogP contribution in [-0.4, -0.2) is 18.9 Å². The highest BCUT2D eigenvalue weighted by Crippen LogP contribution is 2.38. The van der Waals surface area contributed by atoms with E-state index in [9.17, 15) is 9.59 Å². The average Bonchev–Trinajstić information content (AvgIpc) is 3.00. The third-order valence-corrected chi connectivity index (χ3v) is 5.39. The number of benzene rings is 3. The van der Waals surface area contributed by atoms with Crippen LogP contribution in [0, 0.1) is 20.8 Å². The van der Waals surface area contributed by atoms with Crippen molar-refractivity contribution in [1.29, 1.82) is 0 Å². The Bertz CT molecular complexity index is 1210. The predicted molar refractivity (Wildman–Crippen MR) is 123 cm³/mol. The minimum Gasteiger partial charge on any atom is -0.495 e. The van der Waals surface area contributed by atoms with E-state index >= 15 is 0 Å². The zero-order chi connectivity index (χ0) is 22.1. The van der Waals surface area contributed by atoms with Crippen molar-refractivity contribution in [3.8, 4) is 5.75 Å². The van der Waals surface area contributed by atoms with Gasteiger partial charge in [0.25, 0.3) is 11.8 Å². The van der Waals surface area contributed by atoms with Gasteiger partial charge in [-0.25, -0.2) is 4.90 Å². The summed E-state index contributed by atoms with van der Waals surface area (Å²) in [6.45, 7) is 5.97. The van der Waals surface area contributed by atoms with Crippen LogP contribution in [0.4, 0.5) is 11.4 Å². The van der Waals surface area contributed by atoms with Crippen molar-refractivity contribution < 1.29 is 14.3 Å². The maximum Gasteiger partial charge on any atom is 0.282 e. The molecule has 2 amide bonds. The van der Waals surface area contributed by atoms with E-state index in [4.69, 9.17) is 4.74 Å². The highest BCUT2D eigenvalue weighted by Gasteiger charge is 2.41. The second kappa shape index (κ2) is 8.11. The normalized spacial score (nSPS) is 13.7. The summed E-state index contributed by atoms with van der Waals surface area (Å²) in [5, 5.41) is 3.24. The van der Waals surface area contributed by atoms with Crippen molar-refractivity contribution in [2.24, 2.45) is 0 Å². The van der Waals surface area contributed by atoms with E-state index in [0.717, 1.165) is 22.4 Å². The standard InChI is InChI=1S/C26H24N2O3/c1-16-9-12-19(13-10-16)23-24(27-20-14-11-17(2)15-18(20)3)26(30)28(25(23)29)21-7-5-6-8-22(21)31-4/h5-15,27H,1-4H3. The maximum atomic E-state index is 13.6. The van der Waals surface area contributed by atoms with Crippen LogP contribution in [0.3, 0.4) is 0 Å². The van der Waals surface area contributed by atoms with Gasteiger partial charge in [0.15, 0.2) is 0 Å². The molecule has 0 fully saturated rings. The number of hydrogen-bond donors (Lipinski definition) is 1. The fourth-order valence-electron chi connectivity index (χ4n) is 3.76. The Labute approximate surface area is 182 Å². The largest absolute Gasteiger partial charge is 0.495 e. The van der Waals surface area contributed by atoms with Crippen molar-refractivity contribution in [3.05, 3.63) is 94.7 Å². The Morgan fingerprint density at radius 2 is 1.48 bits per heavy atom. The van der Waals surface area contributed by atoms with Gasteiger partial charge in [0, 0.05) is 5.69 Å². The molecule has 0 unspecified atom stereocenters. The lowest BCUT2D eigenvalue weighted by Crippen LogP contribution is -2.32. The molecule has 1 heterocycles. The van der Waals surface area contributed by atoms with Crippen LogP contribution in [0.1, 0.15) is 22.3 Å². The van der Waals surface area contributed by atoms with Crippen molar-refractivity contribution >= 4 is 28.8 Å². The molecule has 1 N–H and O–H groups in total. The number of aryl methyl sites for hydroxylation is 3. The first kappa shape index (κ1) is 20.4. The first-order valence-electron chi connectivity index (χ1n) is 10.1. The summed E-state index contributed by atoms with van der Waals surface area (Å²) < 4.78 is 5.41. The molecule has 4 rings (SSSR count). The molecule has 156 valence electrons. The van der Waals surface area contributed by atoms with E-state index in [2.05, 4.69) is 5.32 Å². The SMILES string of the molecule is COc1ccccc1N1C(=O)C(Nc2ccc(C)cc2C)=C(c2ccc(C)cc2)C1=O. The van der Waals surface area contributed by atoms with Crippen LogP contribution in [0.2, 0.25) is 0 Å². The van der Waals surface area contributed by atoms with E-state index in [1.807, 2.05) is 63.2 Å². The van der Waals surface area contributed by atoms with Crippen LogP contribution in [0.5, 0.6) is 5.75 Å². The molecule has 1 aliphatic rings. The number of carbonyl (C=O) groups is 2. The highest BCUT2D eigenvalue weighted by atomic mass is 16.5. The summed E-state index contributed by atoms with van der Waals surface area (Å²) in [6.07, 6.45) is 0. The number of amides is 2. The maximum absolute atomic E-state index is 13.6. The van der Waals surface area contributed by atoms with Crippen LogP contribution in [0.25, 0.3) is 5.57 Å². The molecular formula is C26H24N2O3. The molecule has 31 heavy (non-hydrogen) atoms. The number of rotatable bonds is 5. The third-order valence-electron chi connectivity index (χ3n) is 5.39. The third kappa shape index (κ3) is 3.70. The van der Waals surface area contributed by atoms with E-state index in [0.29, 0.717) is 22.6 Å². The number of methoxy groups -OCH3 is 1. The van der Waals surface area contributed by atoms with Gasteiger partial charge < -0.3 is 10.1 Å². The Balaban J connectivity index is 1.86. The number of ether oxygens (including phenoxy) is 1. The Morgan fingerprint density at radius 3 is 2.16 bits per heavy atom. The van der Waals surface area contributed by atoms with Crippen LogP contribution in [0.15, 0.2) is 72.4 Å². The van der Waals surface area contributed by atoms with Crippen LogP contribution in [-0.2, 0) is 9.59 Å². The van der Waals surface area contributed by atoms with Gasteiger partial charge in [0.1, 0.15) is 11.4 Å². The Kier molecular flexibility index (Phi) is 5.34. The first-order chi connectivity index (χ1) is 14.9. The van der Waals surface area contributed by atoms with Gasteiger partial charge in [-0.3, -0.25) is 9.59 Å². The number of imide groups is 1. The predicted octanol–water partition coefficient (Wildman–Crippen LogP) is 5.02. The van der Waals surface area contributed by atoms with Gasteiger partial charge in [0.2, 0.25) is 0 Å². The van der Waals surface area contributed by atoms with E-state index < -0.39 is 5.91 Å². The van der Waals surface area contributed by atoms with Gasteiger partial charge in [-0.1, -0.05) is 59.7 Å². The number of nitrogens with zero attached hydrogens (tertiary/aromatic N) is 1. The quantitative estimate of drug-likeness (QED) is 0.598. The molecule has 5 heteroatoms. The van der Waals surface area contributed by atoms with E-state index in [-0.39, 0.29) is 11.6 Å². The topological polar surface area (TPSA) is 58.6 Å². The number of nitrogens with one attached hydrogen (secondary N) is 1. The molecule has 0 atom stereocenters. The van der Waals surface area contributed by atoms with Gasteiger partial charge in [-0.15, -0.1) is 0 Å². The molecule has 0 aliphatic carbocycles. The monoisotopic (exact) mass is 412 g/mol. The zero-order valence-electron chi connectivity index (χ0n) is 18.0. The summed E-state index contributed by atoms with van der Waals surface area (Å²) in [7, 11) is 1.52. The lowest BCUT2D eigenvalue weighted by molar-refractivity contribution is -0.120. The van der Waals surface area contributed by atoms with Gasteiger partial charge in [-0.05, 0) is 50.1 Å². The summed E-state index contributed by atoms with van der Waals surface area (Å²) in [6, 6.07) is 20.6. The molecular weight excluding hydrogens is 388 g/mol. The van der Waals surface area contributed by atoms with Crippen LogP contribution >= 0.6 is 0 Å². The van der Waals surface area contributed by atoms with Gasteiger partial charge in [0.05, 0.1) is 18.4 Å². The number of anilines is 2. The second-order valence-electron chi connectivity index (χ2n) is 7.68. The summed E-state index contributed by atoms with van der Waals surface area (Å²) >= 11 is 0. The van der Waals surface area contributed by atoms with E-state index in [1.54, 1.807) is 24.3 Å². The van der Waals surface area contributed by atoms with E-state index in [1.165, 1.54) is 12.0 Å². The van der Waals surface area contributed by atoms with Crippen molar-refractivity contribution in [2.75, 3.05) is 17.3 Å². The first-order valence-corrected chi connectivity index (χ1v) is 10.1. The number of para-hydroxylation sites is 2. The summed E-state index contributed by atoms with van der Waals surface area (Å²) in [5.41, 5.74) is 5.69. The molecule has 3 aromatic carbocycles. The molecule has 0 bridgehead atoms. The second-order valence-corrected chi connectivity index (χ2v) is 7.68. The van der Waals surface area contributed by atoms with Gasteiger partial charge in [-0.2, -0.15) is 0 Å². The molecule has 0 saturated heterocycles. The fourth-order valence-corrected chi connectivity index (χ4v) is 3.76. The molecule has 1 aliphatic heterocycles. The summed E-state index contributed by atoms with van der Waals surface area (Å²) in [5.74, 6) is -0.337. The summed E-state index contributed by atoms with van der Waals surface area (Å²) in [4.78, 5) is 28.3. The Morgan fingerprint density at radius 1 is 0.806 bits per heavy atom. The zero-order valence-corrected chi connectivity index (χ0v) is 18.0. The van der Waals surface area contributed by atoms with Crippen molar-refractivity contribution in [3.63, 3.8) is 0 Å². The molecule has 0 spiro atoms. The Hall–Kier alpha value is -3.86. The van der Waals surface area contributed by atoms with Crippen LogP contribution < -0.4 is 15.0 Å². The van der Waals surface area contributed by atoms with Crippen molar-refractivity contribution in [1.82, 2.24) is 0 Å². The number of carbonyl (C=O) groups excluding carboxylic acids is 2. The van der Waals surface area contributed by atoms with Gasteiger partial charge >= 0.3 is 0 Å². The minimum absolute atomic E-state index is 0.256. The lowest BCUT2D eigenvalue weighted by Gasteiger charge is -2.18.